The molecule has 0 aromatic rings. The SMILES string of the molecule is O=C(NC1C2CC3CC(C2)CC1C3)C1COCCN1.O=C(O)C(F)(F)F. The van der Waals surface area contributed by atoms with Crippen LogP contribution in [0.1, 0.15) is 32.1 Å². The van der Waals surface area contributed by atoms with Crippen LogP contribution in [0.4, 0.5) is 13.2 Å². The van der Waals surface area contributed by atoms with E-state index in [0.29, 0.717) is 12.6 Å². The van der Waals surface area contributed by atoms with Crippen molar-refractivity contribution in [3.63, 3.8) is 0 Å². The number of rotatable bonds is 2. The van der Waals surface area contributed by atoms with E-state index in [-0.39, 0.29) is 11.9 Å². The first-order valence-electron chi connectivity index (χ1n) is 9.15. The number of nitrogens with one attached hydrogen (secondary N) is 2. The van der Waals surface area contributed by atoms with Crippen molar-refractivity contribution in [1.82, 2.24) is 10.6 Å². The third kappa shape index (κ3) is 4.49. The van der Waals surface area contributed by atoms with Gasteiger partial charge in [0.05, 0.1) is 13.2 Å². The maximum Gasteiger partial charge on any atom is 0.490 e. The minimum absolute atomic E-state index is 0.133. The van der Waals surface area contributed by atoms with Gasteiger partial charge >= 0.3 is 12.1 Å². The number of carboxylic acid groups (broad SMARTS) is 1. The number of carbonyl (C=O) groups excluding carboxylic acids is 1. The van der Waals surface area contributed by atoms with Crippen LogP contribution >= 0.6 is 0 Å². The fraction of sp³-hybridized carbons (Fsp3) is 0.882. The second kappa shape index (κ2) is 7.72. The number of alkyl halides is 3. The van der Waals surface area contributed by atoms with Crippen LogP contribution in [0.2, 0.25) is 0 Å². The highest BCUT2D eigenvalue weighted by atomic mass is 19.4. The van der Waals surface area contributed by atoms with Crippen LogP contribution < -0.4 is 10.6 Å². The van der Waals surface area contributed by atoms with Crippen molar-refractivity contribution in [2.24, 2.45) is 23.7 Å². The number of amides is 1. The molecule has 1 saturated heterocycles. The van der Waals surface area contributed by atoms with Gasteiger partial charge in [0.25, 0.3) is 0 Å². The summed E-state index contributed by atoms with van der Waals surface area (Å²) in [6.45, 7) is 2.04. The molecule has 1 heterocycles. The minimum atomic E-state index is -5.08. The van der Waals surface area contributed by atoms with Crippen molar-refractivity contribution in [2.45, 2.75) is 50.4 Å². The van der Waals surface area contributed by atoms with Crippen molar-refractivity contribution in [3.05, 3.63) is 0 Å². The first kappa shape index (κ1) is 19.4. The Morgan fingerprint density at radius 1 is 1.04 bits per heavy atom. The lowest BCUT2D eigenvalue weighted by atomic mass is 9.54. The van der Waals surface area contributed by atoms with E-state index in [9.17, 15) is 18.0 Å². The molecule has 4 saturated carbocycles. The van der Waals surface area contributed by atoms with Gasteiger partial charge in [-0.05, 0) is 55.8 Å². The lowest BCUT2D eigenvalue weighted by Gasteiger charge is -2.54. The van der Waals surface area contributed by atoms with Crippen molar-refractivity contribution >= 4 is 11.9 Å². The van der Waals surface area contributed by atoms with Gasteiger partial charge in [0, 0.05) is 12.6 Å². The molecule has 9 heteroatoms. The summed E-state index contributed by atoms with van der Waals surface area (Å²) in [5.74, 6) is 0.845. The molecule has 0 aromatic heterocycles. The molecule has 4 aliphatic carbocycles. The summed E-state index contributed by atoms with van der Waals surface area (Å²) < 4.78 is 37.1. The van der Waals surface area contributed by atoms with Gasteiger partial charge in [-0.3, -0.25) is 4.79 Å². The van der Waals surface area contributed by atoms with Gasteiger partial charge < -0.3 is 20.5 Å². The molecule has 5 fully saturated rings. The Bertz CT molecular complexity index is 507. The highest BCUT2D eigenvalue weighted by Gasteiger charge is 2.48. The normalized spacial score (nSPS) is 38.3. The zero-order valence-corrected chi connectivity index (χ0v) is 14.4. The van der Waals surface area contributed by atoms with E-state index in [1.807, 2.05) is 0 Å². The summed E-state index contributed by atoms with van der Waals surface area (Å²) in [6, 6.07) is 0.315. The molecule has 1 amide bonds. The third-order valence-corrected chi connectivity index (χ3v) is 6.02. The summed E-state index contributed by atoms with van der Waals surface area (Å²) in [5.41, 5.74) is 0. The molecule has 4 bridgehead atoms. The van der Waals surface area contributed by atoms with Crippen LogP contribution in [0.5, 0.6) is 0 Å². The van der Waals surface area contributed by atoms with Crippen LogP contribution in [0.15, 0.2) is 0 Å². The Morgan fingerprint density at radius 3 is 2.00 bits per heavy atom. The van der Waals surface area contributed by atoms with Crippen LogP contribution in [0, 0.1) is 23.7 Å². The van der Waals surface area contributed by atoms with Crippen molar-refractivity contribution in [1.29, 1.82) is 0 Å². The van der Waals surface area contributed by atoms with E-state index in [0.717, 1.165) is 36.8 Å². The molecule has 0 radical (unpaired) electrons. The Hall–Kier alpha value is -1.35. The van der Waals surface area contributed by atoms with Gasteiger partial charge in [0.1, 0.15) is 6.04 Å². The maximum atomic E-state index is 12.3. The van der Waals surface area contributed by atoms with Crippen LogP contribution in [-0.2, 0) is 14.3 Å². The number of morpholine rings is 1. The maximum absolute atomic E-state index is 12.3. The summed E-state index contributed by atoms with van der Waals surface area (Å²) in [4.78, 5) is 21.2. The van der Waals surface area contributed by atoms with Crippen molar-refractivity contribution in [2.75, 3.05) is 19.8 Å². The molecule has 1 atom stereocenters. The van der Waals surface area contributed by atoms with E-state index >= 15 is 0 Å². The van der Waals surface area contributed by atoms with Gasteiger partial charge in [-0.25, -0.2) is 4.79 Å². The topological polar surface area (TPSA) is 87.7 Å². The van der Waals surface area contributed by atoms with Crippen molar-refractivity contribution in [3.8, 4) is 0 Å². The summed E-state index contributed by atoms with van der Waals surface area (Å²) in [7, 11) is 0. The van der Waals surface area contributed by atoms with Crippen LogP contribution in [0.3, 0.4) is 0 Å². The number of aliphatic carboxylic acids is 1. The zero-order chi connectivity index (χ0) is 18.9. The highest BCUT2D eigenvalue weighted by Crippen LogP contribution is 2.53. The molecule has 1 aliphatic heterocycles. The van der Waals surface area contributed by atoms with Crippen LogP contribution in [0.25, 0.3) is 0 Å². The Kier molecular flexibility index (Phi) is 5.76. The summed E-state index contributed by atoms with van der Waals surface area (Å²) >= 11 is 0. The molecule has 6 nitrogen and oxygen atoms in total. The molecule has 5 aliphatic rings. The van der Waals surface area contributed by atoms with Crippen LogP contribution in [-0.4, -0.2) is 55.0 Å². The van der Waals surface area contributed by atoms with Gasteiger partial charge in [-0.1, -0.05) is 0 Å². The molecule has 0 aromatic carbocycles. The smallest absolute Gasteiger partial charge is 0.475 e. The number of halogens is 3. The summed E-state index contributed by atoms with van der Waals surface area (Å²) in [6.07, 6.45) is 1.80. The fourth-order valence-corrected chi connectivity index (χ4v) is 5.16. The molecule has 5 rings (SSSR count). The molecule has 1 unspecified atom stereocenters. The minimum Gasteiger partial charge on any atom is -0.475 e. The monoisotopic (exact) mass is 378 g/mol. The quantitative estimate of drug-likeness (QED) is 0.679. The third-order valence-electron chi connectivity index (χ3n) is 6.02. The Morgan fingerprint density at radius 2 is 1.58 bits per heavy atom. The average Bonchev–Trinajstić information content (AvgIpc) is 2.58. The number of carbonyl (C=O) groups is 2. The second-order valence-electron chi connectivity index (χ2n) is 7.85. The molecule has 3 N–H and O–H groups in total. The summed E-state index contributed by atoms with van der Waals surface area (Å²) in [5, 5.41) is 13.7. The fourth-order valence-electron chi connectivity index (χ4n) is 5.16. The van der Waals surface area contributed by atoms with Crippen molar-refractivity contribution < 1.29 is 32.6 Å². The number of ether oxygens (including phenoxy) is 1. The number of hydrogen-bond donors (Lipinski definition) is 3. The first-order chi connectivity index (χ1) is 12.2. The number of carboxylic acids is 1. The number of hydrogen-bond acceptors (Lipinski definition) is 4. The molecule has 26 heavy (non-hydrogen) atoms. The molecular formula is C17H25F3N2O4. The first-order valence-corrected chi connectivity index (χ1v) is 9.15. The predicted octanol–water partition coefficient (Wildman–Crippen LogP) is 1.55. The van der Waals surface area contributed by atoms with Gasteiger partial charge in [-0.15, -0.1) is 0 Å². The lowest BCUT2D eigenvalue weighted by molar-refractivity contribution is -0.192. The lowest BCUT2D eigenvalue weighted by Crippen LogP contribution is -2.60. The predicted molar refractivity (Wildman–Crippen MR) is 85.3 cm³/mol. The van der Waals surface area contributed by atoms with E-state index < -0.39 is 12.1 Å². The van der Waals surface area contributed by atoms with Gasteiger partial charge in [0.2, 0.25) is 5.91 Å². The standard InChI is InChI=1S/C15H24N2O2.C2HF3O2/c18-15(13-8-19-2-1-16-13)17-14-11-4-9-3-10(6-11)7-12(14)5-9;3-2(4,5)1(6)7/h9-14,16H,1-8H2,(H,17,18);(H,6,7). The largest absolute Gasteiger partial charge is 0.490 e. The second-order valence-corrected chi connectivity index (χ2v) is 7.85. The Balaban J connectivity index is 0.000000242. The highest BCUT2D eigenvalue weighted by molar-refractivity contribution is 5.82. The average molecular weight is 378 g/mol. The van der Waals surface area contributed by atoms with E-state index in [4.69, 9.17) is 14.6 Å². The molecule has 0 spiro atoms. The Labute approximate surface area is 149 Å². The molecule has 148 valence electrons. The van der Waals surface area contributed by atoms with Gasteiger partial charge in [0.15, 0.2) is 0 Å². The molecular weight excluding hydrogens is 353 g/mol. The van der Waals surface area contributed by atoms with Gasteiger partial charge in [-0.2, -0.15) is 13.2 Å². The van der Waals surface area contributed by atoms with E-state index in [1.165, 1.54) is 32.1 Å². The van der Waals surface area contributed by atoms with E-state index in [1.54, 1.807) is 0 Å². The zero-order valence-electron chi connectivity index (χ0n) is 14.4. The van der Waals surface area contributed by atoms with E-state index in [2.05, 4.69) is 10.6 Å².